The summed E-state index contributed by atoms with van der Waals surface area (Å²) >= 11 is 2.99. The normalized spacial score (nSPS) is 15.7. The second kappa shape index (κ2) is 10.1. The van der Waals surface area contributed by atoms with Crippen molar-refractivity contribution in [3.05, 3.63) is 39.4 Å². The van der Waals surface area contributed by atoms with Crippen LogP contribution in [0.15, 0.2) is 17.2 Å². The van der Waals surface area contributed by atoms with Crippen molar-refractivity contribution in [2.45, 2.75) is 71.2 Å². The van der Waals surface area contributed by atoms with Gasteiger partial charge in [0.2, 0.25) is 5.91 Å². The van der Waals surface area contributed by atoms with Crippen LogP contribution in [0.2, 0.25) is 0 Å². The van der Waals surface area contributed by atoms with Crippen LogP contribution in [0, 0.1) is 34.0 Å². The zero-order valence-electron chi connectivity index (χ0n) is 19.4. The lowest BCUT2D eigenvalue weighted by Crippen LogP contribution is -2.26. The molecular weight excluding hydrogens is 436 g/mol. The largest absolute Gasteiger partial charge is 0.317 e. The molecule has 0 radical (unpaired) electrons. The second-order valence-electron chi connectivity index (χ2n) is 9.63. The predicted molar refractivity (Wildman–Crippen MR) is 131 cm³/mol. The van der Waals surface area contributed by atoms with Gasteiger partial charge >= 0.3 is 0 Å². The number of nitrogens with zero attached hydrogens (tertiary/aromatic N) is 3. The fourth-order valence-electron chi connectivity index (χ4n) is 3.93. The van der Waals surface area contributed by atoms with Gasteiger partial charge in [-0.05, 0) is 54.2 Å². The highest BCUT2D eigenvalue weighted by atomic mass is 32.2. The number of fused-ring (bicyclic) bond motifs is 1. The van der Waals surface area contributed by atoms with Crippen LogP contribution in [0.1, 0.15) is 80.6 Å². The van der Waals surface area contributed by atoms with Crippen LogP contribution in [0.4, 0.5) is 5.00 Å². The summed E-state index contributed by atoms with van der Waals surface area (Å²) in [4.78, 5) is 18.5. The van der Waals surface area contributed by atoms with Crippen molar-refractivity contribution in [1.29, 1.82) is 10.5 Å². The number of carbonyl (C=O) groups excluding carboxylic acids is 1. The molecule has 0 aliphatic heterocycles. The molecule has 2 aromatic heterocycles. The number of nitrogens with one attached hydrogen (secondary N) is 1. The molecule has 2 heterocycles. The first kappa shape index (κ1) is 24.3. The third-order valence-corrected chi connectivity index (χ3v) is 8.18. The third-order valence-electron chi connectivity index (χ3n) is 6.02. The molecule has 0 bridgehead atoms. The van der Waals surface area contributed by atoms with Crippen molar-refractivity contribution < 1.29 is 4.79 Å². The zero-order chi connectivity index (χ0) is 23.5. The molecule has 0 fully saturated rings. The van der Waals surface area contributed by atoms with E-state index in [-0.39, 0.29) is 17.2 Å². The van der Waals surface area contributed by atoms with Gasteiger partial charge in [0.25, 0.3) is 0 Å². The number of aromatic nitrogens is 1. The Hall–Kier alpha value is -2.35. The van der Waals surface area contributed by atoms with E-state index in [1.54, 1.807) is 17.4 Å². The number of nitriles is 2. The number of thiophene rings is 1. The van der Waals surface area contributed by atoms with Gasteiger partial charge < -0.3 is 5.32 Å². The fourth-order valence-corrected chi connectivity index (χ4v) is 6.15. The molecule has 0 spiro atoms. The van der Waals surface area contributed by atoms with Crippen LogP contribution in [0.5, 0.6) is 0 Å². The van der Waals surface area contributed by atoms with Crippen LogP contribution >= 0.6 is 23.1 Å². The molecule has 5 nitrogen and oxygen atoms in total. The Morgan fingerprint density at radius 3 is 2.69 bits per heavy atom. The van der Waals surface area contributed by atoms with Gasteiger partial charge in [-0.3, -0.25) is 4.79 Å². The molecule has 0 saturated heterocycles. The van der Waals surface area contributed by atoms with E-state index in [4.69, 9.17) is 0 Å². The zero-order valence-corrected chi connectivity index (χ0v) is 21.0. The smallest absolute Gasteiger partial charge is 0.225 e. The Morgan fingerprint density at radius 2 is 2.06 bits per heavy atom. The molecule has 1 atom stereocenters. The van der Waals surface area contributed by atoms with Gasteiger partial charge in [0, 0.05) is 22.7 Å². The minimum Gasteiger partial charge on any atom is -0.317 e. The van der Waals surface area contributed by atoms with Gasteiger partial charge in [0.1, 0.15) is 22.2 Å². The molecule has 0 aromatic carbocycles. The van der Waals surface area contributed by atoms with E-state index in [0.717, 1.165) is 30.5 Å². The van der Waals surface area contributed by atoms with Crippen molar-refractivity contribution in [2.24, 2.45) is 11.3 Å². The highest BCUT2D eigenvalue weighted by Gasteiger charge is 2.32. The van der Waals surface area contributed by atoms with Gasteiger partial charge in [0.15, 0.2) is 0 Å². The molecule has 3 rings (SSSR count). The van der Waals surface area contributed by atoms with E-state index in [1.807, 2.05) is 6.07 Å². The molecule has 1 aliphatic rings. The summed E-state index contributed by atoms with van der Waals surface area (Å²) in [7, 11) is 0. The minimum atomic E-state index is -0.113. The summed E-state index contributed by atoms with van der Waals surface area (Å²) < 4.78 is 0. The monoisotopic (exact) mass is 466 g/mol. The Balaban J connectivity index is 1.64. The average Bonchev–Trinajstić information content (AvgIpc) is 3.08. The van der Waals surface area contributed by atoms with Gasteiger partial charge in [-0.1, -0.05) is 34.6 Å². The van der Waals surface area contributed by atoms with Crippen molar-refractivity contribution in [1.82, 2.24) is 4.98 Å². The third kappa shape index (κ3) is 5.52. The van der Waals surface area contributed by atoms with E-state index in [2.05, 4.69) is 57.1 Å². The number of hydrogen-bond acceptors (Lipinski definition) is 6. The first-order valence-electron chi connectivity index (χ1n) is 11.0. The molecule has 168 valence electrons. The fraction of sp³-hybridized carbons (Fsp3) is 0.520. The maximum Gasteiger partial charge on any atom is 0.225 e. The lowest BCUT2D eigenvalue weighted by molar-refractivity contribution is -0.115. The first-order valence-corrected chi connectivity index (χ1v) is 12.8. The average molecular weight is 467 g/mol. The Labute approximate surface area is 199 Å². The Bertz CT molecular complexity index is 1080. The number of thioether (sulfide) groups is 1. The Morgan fingerprint density at radius 1 is 1.31 bits per heavy atom. The summed E-state index contributed by atoms with van der Waals surface area (Å²) in [6.07, 6.45) is 3.24. The highest BCUT2D eigenvalue weighted by molar-refractivity contribution is 7.99. The first-order chi connectivity index (χ1) is 15.1. The van der Waals surface area contributed by atoms with Gasteiger partial charge in [-0.25, -0.2) is 4.98 Å². The van der Waals surface area contributed by atoms with Crippen LogP contribution < -0.4 is 5.32 Å². The summed E-state index contributed by atoms with van der Waals surface area (Å²) in [6, 6.07) is 8.18. The maximum atomic E-state index is 12.6. The van der Waals surface area contributed by atoms with Crippen molar-refractivity contribution in [3.63, 3.8) is 0 Å². The standard InChI is InChI=1S/C25H30N4OS2/c1-15(2)20-9-6-16(13-26)23(28-20)31-11-10-22(30)29-24-19(14-27)18-8-7-17(25(3,4)5)12-21(18)32-24/h6,9,15,17H,7-8,10-12H2,1-5H3,(H,29,30). The number of amides is 1. The minimum absolute atomic E-state index is 0.113. The van der Waals surface area contributed by atoms with E-state index >= 15 is 0 Å². The predicted octanol–water partition coefficient (Wildman–Crippen LogP) is 6.28. The van der Waals surface area contributed by atoms with Crippen LogP contribution in [-0.4, -0.2) is 16.6 Å². The van der Waals surface area contributed by atoms with Gasteiger partial charge in [0.05, 0.1) is 11.1 Å². The summed E-state index contributed by atoms with van der Waals surface area (Å²) in [6.45, 7) is 10.9. The van der Waals surface area contributed by atoms with E-state index in [1.165, 1.54) is 16.6 Å². The van der Waals surface area contributed by atoms with Crippen molar-refractivity contribution in [2.75, 3.05) is 11.1 Å². The van der Waals surface area contributed by atoms with Crippen LogP contribution in [0.3, 0.4) is 0 Å². The number of hydrogen-bond donors (Lipinski definition) is 1. The van der Waals surface area contributed by atoms with E-state index in [9.17, 15) is 15.3 Å². The SMILES string of the molecule is CC(C)c1ccc(C#N)c(SCCC(=O)Nc2sc3c(c2C#N)CCC(C(C)(C)C)C3)n1. The quantitative estimate of drug-likeness (QED) is 0.506. The molecule has 1 N–H and O–H groups in total. The molecule has 1 unspecified atom stereocenters. The maximum absolute atomic E-state index is 12.6. The van der Waals surface area contributed by atoms with E-state index in [0.29, 0.717) is 39.2 Å². The van der Waals surface area contributed by atoms with E-state index < -0.39 is 0 Å². The highest BCUT2D eigenvalue weighted by Crippen LogP contribution is 2.44. The number of pyridine rings is 1. The Kier molecular flexibility index (Phi) is 7.64. The molecular formula is C25H30N4OS2. The molecule has 0 saturated carbocycles. The number of carbonyl (C=O) groups is 1. The number of anilines is 1. The summed E-state index contributed by atoms with van der Waals surface area (Å²) in [5.41, 5.74) is 3.46. The molecule has 2 aromatic rings. The lowest BCUT2D eigenvalue weighted by atomic mass is 9.72. The molecule has 32 heavy (non-hydrogen) atoms. The van der Waals surface area contributed by atoms with Gasteiger partial charge in [-0.2, -0.15) is 10.5 Å². The van der Waals surface area contributed by atoms with Crippen LogP contribution in [-0.2, 0) is 17.6 Å². The summed E-state index contributed by atoms with van der Waals surface area (Å²) in [5, 5.41) is 23.4. The molecule has 7 heteroatoms. The van der Waals surface area contributed by atoms with Crippen molar-refractivity contribution >= 4 is 34.0 Å². The molecule has 1 aliphatic carbocycles. The molecule has 1 amide bonds. The van der Waals surface area contributed by atoms with Crippen molar-refractivity contribution in [3.8, 4) is 12.1 Å². The summed E-state index contributed by atoms with van der Waals surface area (Å²) in [5.74, 6) is 1.27. The lowest BCUT2D eigenvalue weighted by Gasteiger charge is -2.33. The van der Waals surface area contributed by atoms with Crippen LogP contribution in [0.25, 0.3) is 0 Å². The second-order valence-corrected chi connectivity index (χ2v) is 11.8. The van der Waals surface area contributed by atoms with Gasteiger partial charge in [-0.15, -0.1) is 23.1 Å². The number of rotatable bonds is 6. The topological polar surface area (TPSA) is 89.6 Å².